The second kappa shape index (κ2) is 10.5. The summed E-state index contributed by atoms with van der Waals surface area (Å²) in [4.78, 5) is 33.5. The second-order valence-corrected chi connectivity index (χ2v) is 9.81. The monoisotopic (exact) mass is 526 g/mol. The summed E-state index contributed by atoms with van der Waals surface area (Å²) >= 11 is 12.2. The highest BCUT2D eigenvalue weighted by Gasteiger charge is 2.26. The first kappa shape index (κ1) is 24.5. The second-order valence-electron chi connectivity index (χ2n) is 8.96. The lowest BCUT2D eigenvalue weighted by Crippen LogP contribution is -2.45. The van der Waals surface area contributed by atoms with Gasteiger partial charge >= 0.3 is 0 Å². The van der Waals surface area contributed by atoms with Crippen LogP contribution in [-0.4, -0.2) is 72.6 Å². The van der Waals surface area contributed by atoms with Crippen LogP contribution in [0.2, 0.25) is 10.0 Å². The fourth-order valence-electron chi connectivity index (χ4n) is 4.43. The Morgan fingerprint density at radius 2 is 1.75 bits per heavy atom. The first-order valence-electron chi connectivity index (χ1n) is 11.9. The standard InChI is InChI=1S/C25H28Cl2N8O/c1-28-23-30-24(34-11-9-33(2)10-12-34)32-25(31-23)35-8-7-16-13-17(4-6-21(16)35)22(36)29-15-18-3-5-19(26)14-20(18)27/h3-6,13-14H,7-12,15H2,1-2H3,(H,29,36)(H,28,30,31,32). The summed E-state index contributed by atoms with van der Waals surface area (Å²) in [5, 5.41) is 7.10. The number of benzene rings is 2. The number of aromatic nitrogens is 3. The third-order valence-electron chi connectivity index (χ3n) is 6.55. The number of hydrogen-bond donors (Lipinski definition) is 2. The molecule has 3 heterocycles. The summed E-state index contributed by atoms with van der Waals surface area (Å²) in [6, 6.07) is 11.0. The zero-order valence-electron chi connectivity index (χ0n) is 20.3. The average Bonchev–Trinajstić information content (AvgIpc) is 3.31. The predicted octanol–water partition coefficient (Wildman–Crippen LogP) is 3.60. The van der Waals surface area contributed by atoms with Gasteiger partial charge < -0.3 is 25.3 Å². The number of nitrogens with one attached hydrogen (secondary N) is 2. The quantitative estimate of drug-likeness (QED) is 0.503. The van der Waals surface area contributed by atoms with Crippen molar-refractivity contribution in [2.24, 2.45) is 0 Å². The molecule has 1 fully saturated rings. The number of likely N-dealkylation sites (N-methyl/N-ethyl adjacent to an activating group) is 1. The molecule has 0 radical (unpaired) electrons. The van der Waals surface area contributed by atoms with Crippen LogP contribution < -0.4 is 20.4 Å². The van der Waals surface area contributed by atoms with Crippen LogP contribution >= 0.6 is 23.2 Å². The van der Waals surface area contributed by atoms with Crippen LogP contribution in [0.1, 0.15) is 21.5 Å². The SMILES string of the molecule is CNc1nc(N2CCN(C)CC2)nc(N2CCc3cc(C(=O)NCc4ccc(Cl)cc4Cl)ccc32)n1. The van der Waals surface area contributed by atoms with Crippen molar-refractivity contribution >= 4 is 52.6 Å². The van der Waals surface area contributed by atoms with Gasteiger partial charge in [0.25, 0.3) is 5.91 Å². The van der Waals surface area contributed by atoms with Crippen molar-refractivity contribution in [3.05, 3.63) is 63.1 Å². The van der Waals surface area contributed by atoms with Crippen LogP contribution in [-0.2, 0) is 13.0 Å². The van der Waals surface area contributed by atoms with Gasteiger partial charge in [0.15, 0.2) is 0 Å². The molecule has 3 aromatic rings. The Hall–Kier alpha value is -3.14. The summed E-state index contributed by atoms with van der Waals surface area (Å²) in [6.45, 7) is 4.74. The van der Waals surface area contributed by atoms with E-state index in [2.05, 4.69) is 42.3 Å². The molecule has 0 saturated carbocycles. The molecule has 188 valence electrons. The van der Waals surface area contributed by atoms with E-state index in [1.165, 1.54) is 0 Å². The molecule has 1 aromatic heterocycles. The van der Waals surface area contributed by atoms with Gasteiger partial charge in [-0.1, -0.05) is 29.3 Å². The van der Waals surface area contributed by atoms with Gasteiger partial charge in [0, 0.05) is 67.6 Å². The lowest BCUT2D eigenvalue weighted by atomic mass is 10.1. The molecule has 0 aliphatic carbocycles. The van der Waals surface area contributed by atoms with Crippen molar-refractivity contribution in [2.75, 3.05) is 61.9 Å². The smallest absolute Gasteiger partial charge is 0.251 e. The van der Waals surface area contributed by atoms with Gasteiger partial charge in [-0.2, -0.15) is 15.0 Å². The van der Waals surface area contributed by atoms with Crippen molar-refractivity contribution in [3.63, 3.8) is 0 Å². The van der Waals surface area contributed by atoms with Crippen LogP contribution in [0.4, 0.5) is 23.5 Å². The molecule has 2 aliphatic rings. The van der Waals surface area contributed by atoms with E-state index in [9.17, 15) is 4.79 Å². The molecule has 1 amide bonds. The topological polar surface area (TPSA) is 89.5 Å². The number of halogens is 2. The molecule has 0 bridgehead atoms. The summed E-state index contributed by atoms with van der Waals surface area (Å²) < 4.78 is 0. The normalized spacial score (nSPS) is 15.7. The van der Waals surface area contributed by atoms with Crippen LogP contribution in [0.5, 0.6) is 0 Å². The summed E-state index contributed by atoms with van der Waals surface area (Å²) in [7, 11) is 3.94. The Kier molecular flexibility index (Phi) is 7.13. The average molecular weight is 527 g/mol. The fourth-order valence-corrected chi connectivity index (χ4v) is 4.90. The van der Waals surface area contributed by atoms with E-state index in [0.29, 0.717) is 40.0 Å². The maximum absolute atomic E-state index is 12.8. The first-order chi connectivity index (χ1) is 17.4. The number of nitrogens with zero attached hydrogens (tertiary/aromatic N) is 6. The highest BCUT2D eigenvalue weighted by atomic mass is 35.5. The van der Waals surface area contributed by atoms with Gasteiger partial charge in [0.2, 0.25) is 17.8 Å². The van der Waals surface area contributed by atoms with Crippen LogP contribution in [0.25, 0.3) is 0 Å². The Morgan fingerprint density at radius 1 is 0.972 bits per heavy atom. The first-order valence-corrected chi connectivity index (χ1v) is 12.7. The van der Waals surface area contributed by atoms with E-state index in [0.717, 1.165) is 56.0 Å². The number of piperazine rings is 1. The molecular formula is C25H28Cl2N8O. The molecule has 36 heavy (non-hydrogen) atoms. The Bertz CT molecular complexity index is 1280. The van der Waals surface area contributed by atoms with Gasteiger partial charge in [-0.3, -0.25) is 4.79 Å². The van der Waals surface area contributed by atoms with Crippen molar-refractivity contribution in [2.45, 2.75) is 13.0 Å². The van der Waals surface area contributed by atoms with Crippen LogP contribution in [0.3, 0.4) is 0 Å². The van der Waals surface area contributed by atoms with Gasteiger partial charge in [-0.25, -0.2) is 0 Å². The molecule has 9 nitrogen and oxygen atoms in total. The van der Waals surface area contributed by atoms with Crippen molar-refractivity contribution in [1.82, 2.24) is 25.2 Å². The molecule has 0 spiro atoms. The Balaban J connectivity index is 1.33. The van der Waals surface area contributed by atoms with Gasteiger partial charge in [0.05, 0.1) is 0 Å². The third-order valence-corrected chi connectivity index (χ3v) is 7.14. The van der Waals surface area contributed by atoms with Crippen LogP contribution in [0, 0.1) is 0 Å². The number of carbonyl (C=O) groups excluding carboxylic acids is 1. The minimum absolute atomic E-state index is 0.155. The molecule has 0 atom stereocenters. The van der Waals surface area contributed by atoms with Gasteiger partial charge in [-0.15, -0.1) is 0 Å². The summed E-state index contributed by atoms with van der Waals surface area (Å²) in [5.74, 6) is 1.68. The van der Waals surface area contributed by atoms with Crippen molar-refractivity contribution in [3.8, 4) is 0 Å². The number of rotatable bonds is 6. The molecule has 2 N–H and O–H groups in total. The van der Waals surface area contributed by atoms with Crippen LogP contribution in [0.15, 0.2) is 36.4 Å². The molecule has 0 unspecified atom stereocenters. The maximum atomic E-state index is 12.8. The van der Waals surface area contributed by atoms with E-state index in [1.54, 1.807) is 12.1 Å². The zero-order chi connectivity index (χ0) is 25.2. The van der Waals surface area contributed by atoms with E-state index in [-0.39, 0.29) is 5.91 Å². The lowest BCUT2D eigenvalue weighted by Gasteiger charge is -2.32. The minimum atomic E-state index is -0.155. The predicted molar refractivity (Wildman–Crippen MR) is 144 cm³/mol. The van der Waals surface area contributed by atoms with Gasteiger partial charge in [-0.05, 0) is 54.9 Å². The number of carbonyl (C=O) groups is 1. The van der Waals surface area contributed by atoms with Crippen molar-refractivity contribution in [1.29, 1.82) is 0 Å². The van der Waals surface area contributed by atoms with E-state index < -0.39 is 0 Å². The minimum Gasteiger partial charge on any atom is -0.357 e. The van der Waals surface area contributed by atoms with E-state index in [1.807, 2.05) is 31.3 Å². The summed E-state index contributed by atoms with van der Waals surface area (Å²) in [6.07, 6.45) is 0.796. The fraction of sp³-hybridized carbons (Fsp3) is 0.360. The Labute approximate surface area is 220 Å². The van der Waals surface area contributed by atoms with E-state index in [4.69, 9.17) is 28.2 Å². The Morgan fingerprint density at radius 3 is 2.50 bits per heavy atom. The zero-order valence-corrected chi connectivity index (χ0v) is 21.8. The molecule has 2 aliphatic heterocycles. The number of anilines is 4. The molecular weight excluding hydrogens is 499 g/mol. The number of fused-ring (bicyclic) bond motifs is 1. The number of hydrogen-bond acceptors (Lipinski definition) is 8. The van der Waals surface area contributed by atoms with E-state index >= 15 is 0 Å². The van der Waals surface area contributed by atoms with Gasteiger partial charge in [0.1, 0.15) is 0 Å². The molecule has 2 aromatic carbocycles. The maximum Gasteiger partial charge on any atom is 0.251 e. The lowest BCUT2D eigenvalue weighted by molar-refractivity contribution is 0.0951. The number of amides is 1. The largest absolute Gasteiger partial charge is 0.357 e. The third kappa shape index (κ3) is 5.18. The highest BCUT2D eigenvalue weighted by molar-refractivity contribution is 6.35. The molecule has 1 saturated heterocycles. The molecule has 5 rings (SSSR count). The molecule has 11 heteroatoms. The summed E-state index contributed by atoms with van der Waals surface area (Å²) in [5.41, 5.74) is 3.50. The van der Waals surface area contributed by atoms with Crippen molar-refractivity contribution < 1.29 is 4.79 Å². The highest BCUT2D eigenvalue weighted by Crippen LogP contribution is 2.34.